The Morgan fingerprint density at radius 2 is 1.12 bits per heavy atom. The minimum Gasteiger partial charge on any atom is -0.487 e. The maximum atomic E-state index is 13.6. The Hall–Kier alpha value is -7.08. The minimum absolute atomic E-state index is 0.00365. The molecule has 0 spiro atoms. The van der Waals surface area contributed by atoms with Gasteiger partial charge in [0.25, 0.3) is 0 Å². The van der Waals surface area contributed by atoms with Crippen molar-refractivity contribution in [3.63, 3.8) is 0 Å². The number of hydrogen-bond acceptors (Lipinski definition) is 7. The number of carbonyl (C=O) groups is 1. The van der Waals surface area contributed by atoms with E-state index in [9.17, 15) is 13.6 Å². The molecule has 10 rings (SSSR count). The van der Waals surface area contributed by atoms with Gasteiger partial charge < -0.3 is 9.47 Å². The number of aromatic nitrogens is 4. The van der Waals surface area contributed by atoms with Gasteiger partial charge in [0.2, 0.25) is 0 Å². The SMILES string of the molecule is CC(C)(C)C(c1ccccc1)c1cc(OCc2ccc3cc(F)ccc3n2)ccc1-c1cn2ccsc2n1.CC(C)(C)C(c1ccccc1)c1cc(OCc2ccc3cc(F)ccc3n2)ccc1C(=O)CBr. The number of Topliss-reactive ketones (excluding diaryl/α,β-unsaturated/α-hetero) is 1. The first-order chi connectivity index (χ1) is 34.6. The standard InChI is InChI=1S/C32H28FN3OS.C29H27BrFNO2/c1-32(2,3)30(21-7-5-4-6-8-21)27-18-25(12-13-26(27)29-19-36-15-16-38-31(36)35-29)37-20-24-11-9-22-17-23(33)10-14-28(22)34-24;1-29(2,3)28(19-7-5-4-6-8-19)25-16-23(12-13-24(25)27(33)17-30)34-18-22-11-9-20-15-21(31)10-14-26(20)32-22/h4-19,30H,20H2,1-3H3;4-16,28H,17-18H2,1-3H3. The maximum absolute atomic E-state index is 13.6. The van der Waals surface area contributed by atoms with Gasteiger partial charge in [0.05, 0.1) is 33.4 Å². The number of nitrogens with zero attached hydrogens (tertiary/aromatic N) is 4. The van der Waals surface area contributed by atoms with Crippen molar-refractivity contribution in [3.05, 3.63) is 226 Å². The normalized spacial score (nSPS) is 12.6. The Bertz CT molecular complexity index is 3480. The summed E-state index contributed by atoms with van der Waals surface area (Å²) in [6.45, 7) is 14.0. The van der Waals surface area contributed by atoms with Crippen LogP contribution in [0, 0.1) is 22.5 Å². The average molecular weight is 1040 g/mol. The van der Waals surface area contributed by atoms with Crippen LogP contribution in [0.3, 0.4) is 0 Å². The first-order valence-corrected chi connectivity index (χ1v) is 25.9. The first kappa shape index (κ1) is 49.9. The largest absolute Gasteiger partial charge is 0.487 e. The van der Waals surface area contributed by atoms with Crippen molar-refractivity contribution in [1.29, 1.82) is 0 Å². The van der Waals surface area contributed by atoms with E-state index in [1.54, 1.807) is 23.5 Å². The molecule has 0 bridgehead atoms. The van der Waals surface area contributed by atoms with Crippen molar-refractivity contribution in [2.24, 2.45) is 10.8 Å². The summed E-state index contributed by atoms with van der Waals surface area (Å²) in [6.07, 6.45) is 4.13. The fourth-order valence-electron chi connectivity index (χ4n) is 9.49. The van der Waals surface area contributed by atoms with Crippen LogP contribution < -0.4 is 9.47 Å². The summed E-state index contributed by atoms with van der Waals surface area (Å²) in [5, 5.41) is 3.83. The Balaban J connectivity index is 0.000000179. The third-order valence-corrected chi connectivity index (χ3v) is 13.9. The van der Waals surface area contributed by atoms with Gasteiger partial charge in [-0.05, 0) is 118 Å². The van der Waals surface area contributed by atoms with Crippen LogP contribution in [0.15, 0.2) is 175 Å². The number of rotatable bonds is 13. The van der Waals surface area contributed by atoms with Crippen molar-refractivity contribution in [2.45, 2.75) is 66.6 Å². The zero-order valence-corrected chi connectivity index (χ0v) is 43.5. The van der Waals surface area contributed by atoms with E-state index in [2.05, 4.69) is 133 Å². The molecule has 10 aromatic rings. The van der Waals surface area contributed by atoms with E-state index >= 15 is 0 Å². The lowest BCUT2D eigenvalue weighted by Crippen LogP contribution is -2.22. The molecule has 4 aromatic heterocycles. The number of ether oxygens (including phenoxy) is 2. The van der Waals surface area contributed by atoms with Crippen LogP contribution in [-0.2, 0) is 13.2 Å². The molecule has 0 saturated heterocycles. The number of alkyl halides is 1. The van der Waals surface area contributed by atoms with E-state index < -0.39 is 0 Å². The van der Waals surface area contributed by atoms with Crippen LogP contribution in [-0.4, -0.2) is 30.5 Å². The molecule has 0 aliphatic heterocycles. The van der Waals surface area contributed by atoms with Crippen molar-refractivity contribution in [1.82, 2.24) is 19.4 Å². The van der Waals surface area contributed by atoms with Gasteiger partial charge >= 0.3 is 0 Å². The van der Waals surface area contributed by atoms with Crippen molar-refractivity contribution >= 4 is 59.8 Å². The molecule has 0 fully saturated rings. The minimum atomic E-state index is -0.282. The average Bonchev–Trinajstić information content (AvgIpc) is 3.99. The number of fused-ring (bicyclic) bond motifs is 3. The zero-order chi connectivity index (χ0) is 50.6. The fraction of sp³-hybridized carbons (Fsp3) is 0.213. The smallest absolute Gasteiger partial charge is 0.194 e. The quantitative estimate of drug-likeness (QED) is 0.0846. The Morgan fingerprint density at radius 3 is 1.64 bits per heavy atom. The lowest BCUT2D eigenvalue weighted by atomic mass is 9.71. The highest BCUT2D eigenvalue weighted by Gasteiger charge is 2.33. The van der Waals surface area contributed by atoms with Crippen molar-refractivity contribution in [2.75, 3.05) is 5.33 Å². The molecular weight excluding hydrogens is 987 g/mol. The van der Waals surface area contributed by atoms with E-state index in [-0.39, 0.29) is 52.0 Å². The van der Waals surface area contributed by atoms with Crippen LogP contribution in [0.1, 0.15) is 97.4 Å². The summed E-state index contributed by atoms with van der Waals surface area (Å²) in [4.78, 5) is 27.9. The van der Waals surface area contributed by atoms with E-state index in [0.717, 1.165) is 66.3 Å². The first-order valence-electron chi connectivity index (χ1n) is 23.9. The molecule has 364 valence electrons. The molecule has 0 saturated carbocycles. The summed E-state index contributed by atoms with van der Waals surface area (Å²) in [6, 6.07) is 49.5. The predicted octanol–water partition coefficient (Wildman–Crippen LogP) is 16.2. The summed E-state index contributed by atoms with van der Waals surface area (Å²) in [5.74, 6) is 1.06. The molecule has 2 unspecified atom stereocenters. The highest BCUT2D eigenvalue weighted by Crippen LogP contribution is 2.46. The number of carbonyl (C=O) groups excluding carboxylic acids is 1. The monoisotopic (exact) mass is 1040 g/mol. The van der Waals surface area contributed by atoms with E-state index in [0.29, 0.717) is 17.9 Å². The summed E-state index contributed by atoms with van der Waals surface area (Å²) < 4.78 is 41.5. The molecule has 0 N–H and O–H groups in total. The van der Waals surface area contributed by atoms with Crippen molar-refractivity contribution in [3.8, 4) is 22.8 Å². The number of halogens is 3. The molecule has 2 atom stereocenters. The second-order valence-corrected chi connectivity index (χ2v) is 21.5. The summed E-state index contributed by atoms with van der Waals surface area (Å²) in [5.41, 5.74) is 10.1. The van der Waals surface area contributed by atoms with Crippen LogP contribution in [0.5, 0.6) is 11.5 Å². The summed E-state index contributed by atoms with van der Waals surface area (Å²) in [7, 11) is 0. The molecule has 4 heterocycles. The number of pyridine rings is 2. The number of benzene rings is 6. The predicted molar refractivity (Wildman–Crippen MR) is 291 cm³/mol. The van der Waals surface area contributed by atoms with Crippen LogP contribution >= 0.6 is 27.3 Å². The zero-order valence-electron chi connectivity index (χ0n) is 41.1. The molecule has 0 aliphatic carbocycles. The van der Waals surface area contributed by atoms with Gasteiger partial charge in [0, 0.05) is 51.5 Å². The molecule has 72 heavy (non-hydrogen) atoms. The second-order valence-electron chi connectivity index (χ2n) is 20.0. The molecular formula is C61H55BrF2N4O3S. The number of hydrogen-bond donors (Lipinski definition) is 0. The Labute approximate surface area is 431 Å². The number of ketones is 1. The van der Waals surface area contributed by atoms with Crippen LogP contribution in [0.25, 0.3) is 38.0 Å². The highest BCUT2D eigenvalue weighted by molar-refractivity contribution is 9.09. The highest BCUT2D eigenvalue weighted by atomic mass is 79.9. The Morgan fingerprint density at radius 1 is 0.611 bits per heavy atom. The lowest BCUT2D eigenvalue weighted by molar-refractivity contribution is 0.102. The van der Waals surface area contributed by atoms with E-state index in [4.69, 9.17) is 14.5 Å². The number of imidazole rings is 1. The van der Waals surface area contributed by atoms with Crippen LogP contribution in [0.2, 0.25) is 0 Å². The van der Waals surface area contributed by atoms with Gasteiger partial charge in [0.1, 0.15) is 36.3 Å². The molecule has 0 aliphatic rings. The second kappa shape index (κ2) is 21.3. The van der Waals surface area contributed by atoms with Gasteiger partial charge in [-0.2, -0.15) is 0 Å². The molecule has 11 heteroatoms. The summed E-state index contributed by atoms with van der Waals surface area (Å²) >= 11 is 4.96. The van der Waals surface area contributed by atoms with E-state index in [1.165, 1.54) is 35.4 Å². The van der Waals surface area contributed by atoms with Crippen molar-refractivity contribution < 1.29 is 23.0 Å². The maximum Gasteiger partial charge on any atom is 0.194 e. The Kier molecular flexibility index (Phi) is 14.8. The van der Waals surface area contributed by atoms with Gasteiger partial charge in [-0.25, -0.2) is 23.7 Å². The molecule has 0 radical (unpaired) electrons. The topological polar surface area (TPSA) is 78.6 Å². The third kappa shape index (κ3) is 11.5. The molecule has 6 aromatic carbocycles. The number of thiazole rings is 1. The third-order valence-electron chi connectivity index (χ3n) is 12.6. The van der Waals surface area contributed by atoms with Crippen LogP contribution in [0.4, 0.5) is 8.78 Å². The van der Waals surface area contributed by atoms with Gasteiger partial charge in [-0.1, -0.05) is 130 Å². The van der Waals surface area contributed by atoms with Gasteiger partial charge in [0.15, 0.2) is 10.7 Å². The van der Waals surface area contributed by atoms with Gasteiger partial charge in [-0.3, -0.25) is 9.20 Å². The van der Waals surface area contributed by atoms with E-state index in [1.807, 2.05) is 78.3 Å². The van der Waals surface area contributed by atoms with Gasteiger partial charge in [-0.15, -0.1) is 11.3 Å². The molecule has 0 amide bonds. The fourth-order valence-corrected chi connectivity index (χ4v) is 10.5. The lowest BCUT2D eigenvalue weighted by Gasteiger charge is -2.33. The molecule has 7 nitrogen and oxygen atoms in total.